The normalized spacial score (nSPS) is 10.0. The van der Waals surface area contributed by atoms with Gasteiger partial charge in [0, 0.05) is 16.6 Å². The maximum absolute atomic E-state index is 9.25. The van der Waals surface area contributed by atoms with Crippen LogP contribution in [0, 0.1) is 11.3 Å². The minimum absolute atomic E-state index is 0.234. The topological polar surface area (TPSA) is 68.9 Å². The highest BCUT2D eigenvalue weighted by Crippen LogP contribution is 2.27. The summed E-state index contributed by atoms with van der Waals surface area (Å²) in [4.78, 5) is 4.52. The fourth-order valence-corrected chi connectivity index (χ4v) is 2.59. The van der Waals surface area contributed by atoms with Gasteiger partial charge in [-0.1, -0.05) is 12.1 Å². The molecule has 2 N–H and O–H groups in total. The monoisotopic (exact) mass is 293 g/mol. The van der Waals surface area contributed by atoms with Crippen molar-refractivity contribution in [1.82, 2.24) is 4.98 Å². The van der Waals surface area contributed by atoms with Crippen LogP contribution in [0.5, 0.6) is 5.75 Å². The molecule has 3 aromatic rings. The van der Waals surface area contributed by atoms with E-state index in [1.807, 2.05) is 17.5 Å². The second-order valence-electron chi connectivity index (χ2n) is 4.40. The van der Waals surface area contributed by atoms with Gasteiger partial charge in [0.15, 0.2) is 5.13 Å². The van der Waals surface area contributed by atoms with Gasteiger partial charge in [-0.2, -0.15) is 5.26 Å². The van der Waals surface area contributed by atoms with Crippen LogP contribution in [0.4, 0.5) is 10.8 Å². The van der Waals surface area contributed by atoms with E-state index < -0.39 is 0 Å². The predicted molar refractivity (Wildman–Crippen MR) is 83.7 cm³/mol. The Morgan fingerprint density at radius 3 is 2.43 bits per heavy atom. The number of anilines is 2. The molecule has 0 unspecified atom stereocenters. The number of nitrogens with one attached hydrogen (secondary N) is 1. The van der Waals surface area contributed by atoms with Crippen molar-refractivity contribution < 1.29 is 5.11 Å². The van der Waals surface area contributed by atoms with Gasteiger partial charge in [-0.05, 0) is 36.4 Å². The van der Waals surface area contributed by atoms with Gasteiger partial charge in [-0.15, -0.1) is 11.3 Å². The molecule has 0 amide bonds. The van der Waals surface area contributed by atoms with Crippen molar-refractivity contribution in [2.45, 2.75) is 0 Å². The molecule has 1 aromatic heterocycles. The first kappa shape index (κ1) is 13.2. The third kappa shape index (κ3) is 3.02. The molecule has 0 aliphatic heterocycles. The molecule has 5 heteroatoms. The number of hydrogen-bond acceptors (Lipinski definition) is 5. The highest BCUT2D eigenvalue weighted by Gasteiger charge is 2.05. The minimum Gasteiger partial charge on any atom is -0.508 e. The van der Waals surface area contributed by atoms with Crippen molar-refractivity contribution in [3.05, 3.63) is 59.5 Å². The summed E-state index contributed by atoms with van der Waals surface area (Å²) >= 11 is 1.50. The first-order chi connectivity index (χ1) is 10.2. The van der Waals surface area contributed by atoms with Gasteiger partial charge in [0.1, 0.15) is 5.75 Å². The van der Waals surface area contributed by atoms with E-state index in [0.717, 1.165) is 22.1 Å². The summed E-state index contributed by atoms with van der Waals surface area (Å²) in [6.07, 6.45) is 0. The standard InChI is InChI=1S/C16H11N3OS/c17-9-11-1-3-12(4-2-11)15-10-21-16(19-15)18-13-5-7-14(20)8-6-13/h1-8,10,20H,(H,18,19). The number of rotatable bonds is 3. The molecule has 0 fully saturated rings. The number of aromatic nitrogens is 1. The average Bonchev–Trinajstić information content (AvgIpc) is 2.98. The van der Waals surface area contributed by atoms with Gasteiger partial charge in [0.05, 0.1) is 17.3 Å². The van der Waals surface area contributed by atoms with Crippen LogP contribution in [0.3, 0.4) is 0 Å². The Hall–Kier alpha value is -2.84. The van der Waals surface area contributed by atoms with Gasteiger partial charge >= 0.3 is 0 Å². The molecule has 0 radical (unpaired) electrons. The Morgan fingerprint density at radius 1 is 1.05 bits per heavy atom. The summed E-state index contributed by atoms with van der Waals surface area (Å²) in [5.74, 6) is 0.234. The van der Waals surface area contributed by atoms with Gasteiger partial charge in [0.25, 0.3) is 0 Å². The molecule has 1 heterocycles. The van der Waals surface area contributed by atoms with E-state index in [2.05, 4.69) is 16.4 Å². The summed E-state index contributed by atoms with van der Waals surface area (Å²) in [5.41, 5.74) is 3.35. The number of nitrogens with zero attached hydrogens (tertiary/aromatic N) is 2. The van der Waals surface area contributed by atoms with Crippen LogP contribution in [0.1, 0.15) is 5.56 Å². The Bertz CT molecular complexity index is 786. The van der Waals surface area contributed by atoms with Crippen LogP contribution >= 0.6 is 11.3 Å². The molecule has 21 heavy (non-hydrogen) atoms. The fourth-order valence-electron chi connectivity index (χ4n) is 1.85. The second kappa shape index (κ2) is 5.65. The summed E-state index contributed by atoms with van der Waals surface area (Å²) in [5, 5.41) is 24.0. The second-order valence-corrected chi connectivity index (χ2v) is 5.26. The molecule has 0 aliphatic rings. The van der Waals surface area contributed by atoms with E-state index in [9.17, 15) is 5.11 Å². The molecule has 3 rings (SSSR count). The largest absolute Gasteiger partial charge is 0.508 e. The summed E-state index contributed by atoms with van der Waals surface area (Å²) < 4.78 is 0. The number of nitriles is 1. The number of phenols is 1. The van der Waals surface area contributed by atoms with E-state index in [-0.39, 0.29) is 5.75 Å². The zero-order chi connectivity index (χ0) is 14.7. The maximum atomic E-state index is 9.25. The number of thiazole rings is 1. The Kier molecular flexibility index (Phi) is 3.54. The zero-order valence-corrected chi connectivity index (χ0v) is 11.8. The number of phenolic OH excluding ortho intramolecular Hbond substituents is 1. The van der Waals surface area contributed by atoms with Gasteiger partial charge in [-0.25, -0.2) is 4.98 Å². The third-order valence-electron chi connectivity index (χ3n) is 2.93. The molecule has 0 aliphatic carbocycles. The van der Waals surface area contributed by atoms with E-state index in [1.54, 1.807) is 36.4 Å². The van der Waals surface area contributed by atoms with Crippen molar-refractivity contribution in [2.24, 2.45) is 0 Å². The van der Waals surface area contributed by atoms with E-state index in [4.69, 9.17) is 5.26 Å². The van der Waals surface area contributed by atoms with Crippen molar-refractivity contribution in [1.29, 1.82) is 5.26 Å². The Balaban J connectivity index is 1.79. The first-order valence-electron chi connectivity index (χ1n) is 6.27. The summed E-state index contributed by atoms with van der Waals surface area (Å²) in [6, 6.07) is 16.3. The lowest BCUT2D eigenvalue weighted by Crippen LogP contribution is -1.89. The molecule has 4 nitrogen and oxygen atoms in total. The van der Waals surface area contributed by atoms with Crippen LogP contribution < -0.4 is 5.32 Å². The van der Waals surface area contributed by atoms with E-state index in [0.29, 0.717) is 5.56 Å². The highest BCUT2D eigenvalue weighted by atomic mass is 32.1. The molecule has 0 atom stereocenters. The minimum atomic E-state index is 0.234. The molecule has 0 saturated heterocycles. The van der Waals surface area contributed by atoms with Crippen LogP contribution in [-0.2, 0) is 0 Å². The maximum Gasteiger partial charge on any atom is 0.187 e. The lowest BCUT2D eigenvalue weighted by molar-refractivity contribution is 0.475. The third-order valence-corrected chi connectivity index (χ3v) is 3.69. The molecular weight excluding hydrogens is 282 g/mol. The predicted octanol–water partition coefficient (Wildman–Crippen LogP) is 4.13. The summed E-state index contributed by atoms with van der Waals surface area (Å²) in [7, 11) is 0. The molecule has 0 spiro atoms. The number of aromatic hydroxyl groups is 1. The lowest BCUT2D eigenvalue weighted by Gasteiger charge is -2.02. The van der Waals surface area contributed by atoms with E-state index in [1.165, 1.54) is 11.3 Å². The van der Waals surface area contributed by atoms with Crippen molar-refractivity contribution in [3.8, 4) is 23.1 Å². The first-order valence-corrected chi connectivity index (χ1v) is 7.15. The fraction of sp³-hybridized carbons (Fsp3) is 0. The van der Waals surface area contributed by atoms with Crippen molar-refractivity contribution in [2.75, 3.05) is 5.32 Å². The summed E-state index contributed by atoms with van der Waals surface area (Å²) in [6.45, 7) is 0. The average molecular weight is 293 g/mol. The Morgan fingerprint density at radius 2 is 1.76 bits per heavy atom. The molecular formula is C16H11N3OS. The van der Waals surface area contributed by atoms with Crippen molar-refractivity contribution in [3.63, 3.8) is 0 Å². The van der Waals surface area contributed by atoms with Crippen LogP contribution in [0.25, 0.3) is 11.3 Å². The smallest absolute Gasteiger partial charge is 0.187 e. The quantitative estimate of drug-likeness (QED) is 0.712. The zero-order valence-electron chi connectivity index (χ0n) is 10.9. The van der Waals surface area contributed by atoms with E-state index >= 15 is 0 Å². The number of benzene rings is 2. The van der Waals surface area contributed by atoms with Crippen molar-refractivity contribution >= 4 is 22.2 Å². The lowest BCUT2D eigenvalue weighted by atomic mass is 10.1. The molecule has 2 aromatic carbocycles. The van der Waals surface area contributed by atoms with Crippen LogP contribution in [0.2, 0.25) is 0 Å². The van der Waals surface area contributed by atoms with Crippen LogP contribution in [0.15, 0.2) is 53.9 Å². The van der Waals surface area contributed by atoms with Gasteiger partial charge in [0.2, 0.25) is 0 Å². The Labute approximate surface area is 126 Å². The molecule has 0 bridgehead atoms. The SMILES string of the molecule is N#Cc1ccc(-c2csc(Nc3ccc(O)cc3)n2)cc1. The van der Waals surface area contributed by atoms with Crippen LogP contribution in [-0.4, -0.2) is 10.1 Å². The van der Waals surface area contributed by atoms with Gasteiger partial charge < -0.3 is 10.4 Å². The number of hydrogen-bond donors (Lipinski definition) is 2. The molecule has 0 saturated carbocycles. The van der Waals surface area contributed by atoms with Gasteiger partial charge in [-0.3, -0.25) is 0 Å². The molecule has 102 valence electrons. The highest BCUT2D eigenvalue weighted by molar-refractivity contribution is 7.14.